The number of para-hydroxylation sites is 1. The molecule has 2 atom stereocenters. The normalized spacial score (nSPS) is 18.9. The van der Waals surface area contributed by atoms with Gasteiger partial charge in [-0.1, -0.05) is 12.1 Å². The SMILES string of the molecule is COc1cccc2c1O[C@H](c1ccc(OC)c(OC)c1C(=O)O)N1N=C(c3ccc4c(c3)OCO4)C[C@H]21. The molecule has 37 heavy (non-hydrogen) atoms. The number of nitrogens with zero attached hydrogens (tertiary/aromatic N) is 2. The lowest BCUT2D eigenvalue weighted by Gasteiger charge is -2.39. The van der Waals surface area contributed by atoms with Crippen molar-refractivity contribution < 1.29 is 38.3 Å². The van der Waals surface area contributed by atoms with Crippen LogP contribution in [0.15, 0.2) is 53.6 Å². The Balaban J connectivity index is 1.51. The summed E-state index contributed by atoms with van der Waals surface area (Å²) in [5.41, 5.74) is 2.91. The Kier molecular flexibility index (Phi) is 5.44. The molecule has 0 saturated heterocycles. The van der Waals surface area contributed by atoms with E-state index >= 15 is 0 Å². The van der Waals surface area contributed by atoms with E-state index in [4.69, 9.17) is 33.5 Å². The Morgan fingerprint density at radius 1 is 0.973 bits per heavy atom. The monoisotopic (exact) mass is 504 g/mol. The maximum atomic E-state index is 12.5. The van der Waals surface area contributed by atoms with Gasteiger partial charge in [0.2, 0.25) is 13.0 Å². The average Bonchev–Trinajstić information content (AvgIpc) is 3.58. The third kappa shape index (κ3) is 3.55. The van der Waals surface area contributed by atoms with Crippen LogP contribution in [-0.4, -0.2) is 49.9 Å². The van der Waals surface area contributed by atoms with Crippen LogP contribution in [0.5, 0.6) is 34.5 Å². The Hall–Kier alpha value is -4.60. The first-order valence-electron chi connectivity index (χ1n) is 11.6. The topological polar surface area (TPSA) is 108 Å². The molecule has 0 radical (unpaired) electrons. The number of carboxylic acid groups (broad SMARTS) is 1. The van der Waals surface area contributed by atoms with E-state index in [2.05, 4.69) is 0 Å². The number of methoxy groups -OCH3 is 3. The van der Waals surface area contributed by atoms with Crippen molar-refractivity contribution in [3.05, 3.63) is 70.8 Å². The molecule has 0 saturated carbocycles. The quantitative estimate of drug-likeness (QED) is 0.523. The van der Waals surface area contributed by atoms with Gasteiger partial charge in [0, 0.05) is 23.1 Å². The minimum absolute atomic E-state index is 0.0596. The van der Waals surface area contributed by atoms with Crippen LogP contribution in [0.1, 0.15) is 45.7 Å². The van der Waals surface area contributed by atoms with Gasteiger partial charge in [-0.25, -0.2) is 9.80 Å². The van der Waals surface area contributed by atoms with Gasteiger partial charge < -0.3 is 33.5 Å². The lowest BCUT2D eigenvalue weighted by atomic mass is 9.94. The van der Waals surface area contributed by atoms with E-state index in [0.29, 0.717) is 40.7 Å². The van der Waals surface area contributed by atoms with Crippen molar-refractivity contribution in [1.29, 1.82) is 0 Å². The molecule has 0 unspecified atom stereocenters. The first-order chi connectivity index (χ1) is 18.0. The Labute approximate surface area is 212 Å². The van der Waals surface area contributed by atoms with Crippen molar-refractivity contribution in [3.63, 3.8) is 0 Å². The molecular formula is C27H24N2O8. The number of carbonyl (C=O) groups is 1. The molecular weight excluding hydrogens is 480 g/mol. The highest BCUT2D eigenvalue weighted by Crippen LogP contribution is 2.52. The van der Waals surface area contributed by atoms with Gasteiger partial charge in [-0.15, -0.1) is 0 Å². The Bertz CT molecular complexity index is 1440. The first-order valence-corrected chi connectivity index (χ1v) is 11.6. The molecule has 3 heterocycles. The largest absolute Gasteiger partial charge is 0.493 e. The maximum Gasteiger partial charge on any atom is 0.340 e. The summed E-state index contributed by atoms with van der Waals surface area (Å²) in [5, 5.41) is 16.9. The van der Waals surface area contributed by atoms with Crippen molar-refractivity contribution in [2.24, 2.45) is 5.10 Å². The average molecular weight is 504 g/mol. The summed E-state index contributed by atoms with van der Waals surface area (Å²) >= 11 is 0. The van der Waals surface area contributed by atoms with E-state index in [9.17, 15) is 9.90 Å². The minimum atomic E-state index is -1.17. The summed E-state index contributed by atoms with van der Waals surface area (Å²) in [5.74, 6) is 1.69. The van der Waals surface area contributed by atoms with Crippen LogP contribution < -0.4 is 28.4 Å². The fraction of sp³-hybridized carbons (Fsp3) is 0.259. The standard InChI is InChI=1S/C27H24N2O8/c1-32-20-6-4-5-15-18-12-17(14-7-9-19-22(11-14)36-13-35-19)28-29(18)26(37-24(15)20)16-8-10-21(33-2)25(34-3)23(16)27(30)31/h4-11,18,26H,12-13H2,1-3H3,(H,30,31)/t18-,26-/m1/s1. The van der Waals surface area contributed by atoms with Gasteiger partial charge >= 0.3 is 5.97 Å². The van der Waals surface area contributed by atoms with Crippen LogP contribution in [0.25, 0.3) is 0 Å². The van der Waals surface area contributed by atoms with Gasteiger partial charge in [0.15, 0.2) is 34.5 Å². The number of carboxylic acids is 1. The summed E-state index contributed by atoms with van der Waals surface area (Å²) in [7, 11) is 4.44. The molecule has 3 aromatic carbocycles. The molecule has 0 bridgehead atoms. The summed E-state index contributed by atoms with van der Waals surface area (Å²) < 4.78 is 33.9. The molecule has 3 aromatic rings. The number of hydrogen-bond donors (Lipinski definition) is 1. The zero-order valence-corrected chi connectivity index (χ0v) is 20.4. The summed E-state index contributed by atoms with van der Waals surface area (Å²) in [6, 6.07) is 14.5. The molecule has 0 aromatic heterocycles. The Morgan fingerprint density at radius 2 is 1.78 bits per heavy atom. The number of aromatic carboxylic acids is 1. The van der Waals surface area contributed by atoms with E-state index in [-0.39, 0.29) is 24.1 Å². The van der Waals surface area contributed by atoms with Crippen molar-refractivity contribution in [2.75, 3.05) is 28.1 Å². The predicted octanol–water partition coefficient (Wildman–Crippen LogP) is 4.38. The molecule has 10 heteroatoms. The number of hydrogen-bond acceptors (Lipinski definition) is 9. The van der Waals surface area contributed by atoms with E-state index in [0.717, 1.165) is 16.8 Å². The van der Waals surface area contributed by atoms with Crippen molar-refractivity contribution in [3.8, 4) is 34.5 Å². The smallest absolute Gasteiger partial charge is 0.340 e. The molecule has 0 amide bonds. The van der Waals surface area contributed by atoms with Crippen LogP contribution in [0.3, 0.4) is 0 Å². The number of rotatable bonds is 6. The summed E-state index contributed by atoms with van der Waals surface area (Å²) in [6.45, 7) is 0.181. The van der Waals surface area contributed by atoms with Crippen LogP contribution in [-0.2, 0) is 0 Å². The molecule has 0 aliphatic carbocycles. The number of fused-ring (bicyclic) bond motifs is 4. The van der Waals surface area contributed by atoms with Crippen LogP contribution in [0.4, 0.5) is 0 Å². The molecule has 6 rings (SSSR count). The van der Waals surface area contributed by atoms with Gasteiger partial charge in [-0.2, -0.15) is 5.10 Å². The second-order valence-electron chi connectivity index (χ2n) is 8.63. The third-order valence-electron chi connectivity index (χ3n) is 6.76. The van der Waals surface area contributed by atoms with Gasteiger partial charge in [-0.05, 0) is 36.4 Å². The van der Waals surface area contributed by atoms with E-state index in [1.165, 1.54) is 14.2 Å². The van der Waals surface area contributed by atoms with Crippen molar-refractivity contribution in [2.45, 2.75) is 18.7 Å². The molecule has 0 spiro atoms. The van der Waals surface area contributed by atoms with Crippen molar-refractivity contribution in [1.82, 2.24) is 5.01 Å². The maximum absolute atomic E-state index is 12.5. The van der Waals surface area contributed by atoms with E-state index in [1.807, 2.05) is 36.4 Å². The molecule has 3 aliphatic heterocycles. The lowest BCUT2D eigenvalue weighted by Crippen LogP contribution is -2.35. The molecule has 10 nitrogen and oxygen atoms in total. The number of ether oxygens (including phenoxy) is 6. The molecule has 190 valence electrons. The fourth-order valence-corrected chi connectivity index (χ4v) is 5.07. The number of benzene rings is 3. The highest BCUT2D eigenvalue weighted by molar-refractivity contribution is 6.02. The van der Waals surface area contributed by atoms with E-state index in [1.54, 1.807) is 24.3 Å². The number of hydrazone groups is 1. The predicted molar refractivity (Wildman–Crippen MR) is 131 cm³/mol. The van der Waals surface area contributed by atoms with Crippen LogP contribution >= 0.6 is 0 Å². The lowest BCUT2D eigenvalue weighted by molar-refractivity contribution is -0.0217. The van der Waals surface area contributed by atoms with Crippen LogP contribution in [0.2, 0.25) is 0 Å². The van der Waals surface area contributed by atoms with Gasteiger partial charge in [-0.3, -0.25) is 0 Å². The minimum Gasteiger partial charge on any atom is -0.493 e. The summed E-state index contributed by atoms with van der Waals surface area (Å²) in [4.78, 5) is 12.5. The molecule has 3 aliphatic rings. The second-order valence-corrected chi connectivity index (χ2v) is 8.63. The zero-order valence-electron chi connectivity index (χ0n) is 20.4. The van der Waals surface area contributed by atoms with Gasteiger partial charge in [0.25, 0.3) is 0 Å². The van der Waals surface area contributed by atoms with Gasteiger partial charge in [0.05, 0.1) is 33.1 Å². The van der Waals surface area contributed by atoms with Crippen LogP contribution in [0, 0.1) is 0 Å². The highest BCUT2D eigenvalue weighted by Gasteiger charge is 2.44. The Morgan fingerprint density at radius 3 is 2.54 bits per heavy atom. The molecule has 1 N–H and O–H groups in total. The van der Waals surface area contributed by atoms with Crippen molar-refractivity contribution >= 4 is 11.7 Å². The molecule has 0 fully saturated rings. The fourth-order valence-electron chi connectivity index (χ4n) is 5.07. The first kappa shape index (κ1) is 22.8. The highest BCUT2D eigenvalue weighted by atomic mass is 16.7. The third-order valence-corrected chi connectivity index (χ3v) is 6.76. The van der Waals surface area contributed by atoms with E-state index < -0.39 is 12.2 Å². The zero-order chi connectivity index (χ0) is 25.7. The second kappa shape index (κ2) is 8.81. The summed E-state index contributed by atoms with van der Waals surface area (Å²) in [6.07, 6.45) is -0.304. The van der Waals surface area contributed by atoms with Gasteiger partial charge in [0.1, 0.15) is 5.56 Å².